The van der Waals surface area contributed by atoms with Crippen LogP contribution in [0.1, 0.15) is 15.9 Å². The lowest BCUT2D eigenvalue weighted by atomic mass is 10.1. The monoisotopic (exact) mass is 498 g/mol. The Balaban J connectivity index is 1.83. The van der Waals surface area contributed by atoms with Crippen molar-refractivity contribution in [1.82, 2.24) is 14.1 Å². The average Bonchev–Trinajstić information content (AvgIpc) is 3.20. The fraction of sp³-hybridized carbons (Fsp3) is 0.105. The van der Waals surface area contributed by atoms with Crippen molar-refractivity contribution in [3.63, 3.8) is 0 Å². The van der Waals surface area contributed by atoms with Gasteiger partial charge in [-0.2, -0.15) is 5.10 Å². The van der Waals surface area contributed by atoms with Gasteiger partial charge in [0.15, 0.2) is 10.9 Å². The number of phenolic OH excluding ortho intramolecular Hbond substituents is 1. The van der Waals surface area contributed by atoms with Crippen LogP contribution in [0, 0.1) is 0 Å². The van der Waals surface area contributed by atoms with Crippen molar-refractivity contribution >= 4 is 62.0 Å². The third-order valence-corrected chi connectivity index (χ3v) is 6.80. The first-order valence-corrected chi connectivity index (χ1v) is 11.2. The zero-order valence-electron chi connectivity index (χ0n) is 16.2. The van der Waals surface area contributed by atoms with Gasteiger partial charge in [-0.1, -0.05) is 29.3 Å². The summed E-state index contributed by atoms with van der Waals surface area (Å²) in [7, 11) is -0.736. The molecule has 12 heteroatoms. The Morgan fingerprint density at radius 2 is 1.94 bits per heavy atom. The van der Waals surface area contributed by atoms with E-state index in [2.05, 4.69) is 10.4 Å². The Hall–Kier alpha value is -2.50. The Bertz CT molecular complexity index is 1290. The molecule has 0 spiro atoms. The van der Waals surface area contributed by atoms with Gasteiger partial charge in [-0.05, 0) is 42.5 Å². The van der Waals surface area contributed by atoms with Gasteiger partial charge in [-0.3, -0.25) is 4.79 Å². The molecule has 8 nitrogen and oxygen atoms in total. The molecule has 0 atom stereocenters. The molecule has 0 amide bonds. The van der Waals surface area contributed by atoms with Crippen LogP contribution >= 0.6 is 35.4 Å². The van der Waals surface area contributed by atoms with Crippen LogP contribution < -0.4 is 5.32 Å². The highest BCUT2D eigenvalue weighted by Gasteiger charge is 2.20. The minimum atomic E-state index is -3.61. The maximum absolute atomic E-state index is 12.7. The van der Waals surface area contributed by atoms with Gasteiger partial charge in [0.05, 0.1) is 27.2 Å². The molecule has 2 aromatic carbocycles. The van der Waals surface area contributed by atoms with Gasteiger partial charge in [0.1, 0.15) is 5.75 Å². The van der Waals surface area contributed by atoms with Crippen molar-refractivity contribution in [3.8, 4) is 5.75 Å². The molecule has 3 aromatic rings. The van der Waals surface area contributed by atoms with E-state index >= 15 is 0 Å². The molecule has 2 N–H and O–H groups in total. The number of hydrogen-bond donors (Lipinski definition) is 2. The van der Waals surface area contributed by atoms with Crippen LogP contribution in [0.5, 0.6) is 5.75 Å². The second-order valence-electron chi connectivity index (χ2n) is 6.53. The third-order valence-electron chi connectivity index (χ3n) is 4.19. The molecule has 0 fully saturated rings. The highest BCUT2D eigenvalue weighted by atomic mass is 35.5. The predicted molar refractivity (Wildman–Crippen MR) is 123 cm³/mol. The van der Waals surface area contributed by atoms with E-state index in [0.717, 1.165) is 4.31 Å². The molecular formula is C19H16Cl2N4O4S2. The maximum Gasteiger partial charge on any atom is 0.242 e. The first-order chi connectivity index (χ1) is 14.5. The minimum Gasteiger partial charge on any atom is -0.506 e. The van der Waals surface area contributed by atoms with E-state index in [4.69, 9.17) is 35.4 Å². The lowest BCUT2D eigenvalue weighted by Crippen LogP contribution is -2.23. The number of ketones is 1. The fourth-order valence-corrected chi connectivity index (χ4v) is 4.23. The van der Waals surface area contributed by atoms with Crippen LogP contribution in [0.3, 0.4) is 0 Å². The zero-order chi connectivity index (χ0) is 22.9. The lowest BCUT2D eigenvalue weighted by Gasteiger charge is -2.13. The number of phenols is 1. The summed E-state index contributed by atoms with van der Waals surface area (Å²) in [5.41, 5.74) is 0.495. The van der Waals surface area contributed by atoms with Gasteiger partial charge in [0, 0.05) is 31.0 Å². The Kier molecular flexibility index (Phi) is 6.68. The first-order valence-electron chi connectivity index (χ1n) is 8.62. The first kappa shape index (κ1) is 23.2. The molecule has 1 aromatic heterocycles. The lowest BCUT2D eigenvalue weighted by molar-refractivity contribution is 0.103. The second kappa shape index (κ2) is 8.93. The smallest absolute Gasteiger partial charge is 0.242 e. The maximum atomic E-state index is 12.7. The molecular weight excluding hydrogens is 483 g/mol. The predicted octanol–water partition coefficient (Wildman–Crippen LogP) is 3.62. The Labute approximate surface area is 194 Å². The molecule has 162 valence electrons. The summed E-state index contributed by atoms with van der Waals surface area (Å²) in [5.74, 6) is -0.932. The van der Waals surface area contributed by atoms with E-state index < -0.39 is 15.8 Å². The molecule has 31 heavy (non-hydrogen) atoms. The Morgan fingerprint density at radius 3 is 2.61 bits per heavy atom. The summed E-state index contributed by atoms with van der Waals surface area (Å²) >= 11 is 17.1. The minimum absolute atomic E-state index is 0.0482. The van der Waals surface area contributed by atoms with Crippen molar-refractivity contribution in [3.05, 3.63) is 70.0 Å². The number of benzene rings is 2. The Morgan fingerprint density at radius 1 is 1.23 bits per heavy atom. The van der Waals surface area contributed by atoms with Crippen molar-refractivity contribution in [2.24, 2.45) is 0 Å². The summed E-state index contributed by atoms with van der Waals surface area (Å²) in [5, 5.41) is 17.2. The third kappa shape index (κ3) is 4.89. The number of aromatic nitrogens is 2. The molecule has 0 aliphatic heterocycles. The normalized spacial score (nSPS) is 11.5. The van der Waals surface area contributed by atoms with E-state index in [1.807, 2.05) is 0 Å². The van der Waals surface area contributed by atoms with Crippen LogP contribution in [0.2, 0.25) is 10.0 Å². The summed E-state index contributed by atoms with van der Waals surface area (Å²) < 4.78 is 26.9. The number of nitrogens with zero attached hydrogens (tertiary/aromatic N) is 3. The molecule has 1 heterocycles. The number of halogens is 2. The number of sulfonamides is 1. The zero-order valence-corrected chi connectivity index (χ0v) is 19.3. The van der Waals surface area contributed by atoms with Crippen LogP contribution in [-0.2, 0) is 10.0 Å². The van der Waals surface area contributed by atoms with Crippen LogP contribution in [-0.4, -0.2) is 52.6 Å². The van der Waals surface area contributed by atoms with E-state index in [-0.39, 0.29) is 36.9 Å². The summed E-state index contributed by atoms with van der Waals surface area (Å²) in [4.78, 5) is 12.8. The van der Waals surface area contributed by atoms with Gasteiger partial charge < -0.3 is 10.4 Å². The number of hydrogen-bond acceptors (Lipinski definition) is 6. The molecule has 3 rings (SSSR count). The second-order valence-corrected chi connectivity index (χ2v) is 9.91. The topological polar surface area (TPSA) is 105 Å². The number of nitrogens with one attached hydrogen (secondary N) is 1. The van der Waals surface area contributed by atoms with Gasteiger partial charge in [-0.25, -0.2) is 17.4 Å². The van der Waals surface area contributed by atoms with Crippen molar-refractivity contribution in [1.29, 1.82) is 0 Å². The molecule has 0 bridgehead atoms. The van der Waals surface area contributed by atoms with Crippen LogP contribution in [0.4, 0.5) is 5.69 Å². The van der Waals surface area contributed by atoms with Crippen LogP contribution in [0.15, 0.2) is 53.7 Å². The average molecular weight is 499 g/mol. The van der Waals surface area contributed by atoms with E-state index in [1.54, 1.807) is 12.1 Å². The number of carbonyl (C=O) groups is 1. The number of thiocarbonyl (C=S) groups is 1. The largest absolute Gasteiger partial charge is 0.506 e. The molecule has 0 aliphatic rings. The van der Waals surface area contributed by atoms with E-state index in [9.17, 15) is 18.3 Å². The summed E-state index contributed by atoms with van der Waals surface area (Å²) in [6.45, 7) is 0. The van der Waals surface area contributed by atoms with Crippen molar-refractivity contribution < 1.29 is 18.3 Å². The quantitative estimate of drug-likeness (QED) is 0.408. The van der Waals surface area contributed by atoms with Crippen molar-refractivity contribution in [2.75, 3.05) is 19.4 Å². The molecule has 0 saturated carbocycles. The standard InChI is InChI=1S/C19H16Cl2N4O4S2/c1-24(2)31(28,29)14-5-3-4-13(8-14)23-19(30)25-10-11(9-22-25)17(26)15-6-12(20)7-16(21)18(15)27/h3-10,27H,1-2H3,(H,23,30). The summed E-state index contributed by atoms with van der Waals surface area (Å²) in [6.07, 6.45) is 2.64. The van der Waals surface area contributed by atoms with Crippen molar-refractivity contribution in [2.45, 2.75) is 4.90 Å². The number of rotatable bonds is 5. The van der Waals surface area contributed by atoms with Gasteiger partial charge in [-0.15, -0.1) is 0 Å². The number of carbonyl (C=O) groups excluding carboxylic acids is 1. The van der Waals surface area contributed by atoms with Crippen LogP contribution in [0.25, 0.3) is 0 Å². The molecule has 0 radical (unpaired) electrons. The molecule has 0 unspecified atom stereocenters. The molecule has 0 aliphatic carbocycles. The SMILES string of the molecule is CN(C)S(=O)(=O)c1cccc(NC(=S)n2cc(C(=O)c3cc(Cl)cc(Cl)c3O)cn2)c1. The summed E-state index contributed by atoms with van der Waals surface area (Å²) in [6, 6.07) is 8.74. The highest BCUT2D eigenvalue weighted by Crippen LogP contribution is 2.32. The number of anilines is 1. The van der Waals surface area contributed by atoms with Gasteiger partial charge in [0.2, 0.25) is 10.0 Å². The fourth-order valence-electron chi connectivity index (χ4n) is 2.57. The number of aromatic hydroxyl groups is 1. The van der Waals surface area contributed by atoms with Gasteiger partial charge >= 0.3 is 0 Å². The molecule has 0 saturated heterocycles. The van der Waals surface area contributed by atoms with Gasteiger partial charge in [0.25, 0.3) is 0 Å². The van der Waals surface area contributed by atoms with E-state index in [1.165, 1.54) is 55.4 Å². The van der Waals surface area contributed by atoms with E-state index in [0.29, 0.717) is 5.69 Å². The highest BCUT2D eigenvalue weighted by molar-refractivity contribution is 7.89.